The molecule has 3 N–H and O–H groups in total. The molecule has 0 fully saturated rings. The lowest BCUT2D eigenvalue weighted by atomic mass is 10.0. The van der Waals surface area contributed by atoms with Crippen molar-refractivity contribution in [3.8, 4) is 5.75 Å². The van der Waals surface area contributed by atoms with Crippen LogP contribution in [0.1, 0.15) is 5.56 Å². The first-order valence-corrected chi connectivity index (χ1v) is 14.5. The second-order valence-corrected chi connectivity index (χ2v) is 9.91. The molecule has 1 heterocycles. The van der Waals surface area contributed by atoms with Crippen LogP contribution in [0.2, 0.25) is 0 Å². The molecule has 2 aromatic carbocycles. The van der Waals surface area contributed by atoms with E-state index < -0.39 is 12.6 Å². The number of aromatic nitrogens is 2. The Morgan fingerprint density at radius 1 is 0.857 bits per heavy atom. The van der Waals surface area contributed by atoms with Gasteiger partial charge in [-0.25, -0.2) is 14.4 Å². The summed E-state index contributed by atoms with van der Waals surface area (Å²) in [5.41, 5.74) is 7.60. The number of carbonyl (C=O) groups excluding carboxylic acids is 1. The van der Waals surface area contributed by atoms with E-state index in [1.54, 1.807) is 12.1 Å². The summed E-state index contributed by atoms with van der Waals surface area (Å²) in [6.07, 6.45) is 1.46. The van der Waals surface area contributed by atoms with Gasteiger partial charge in [0, 0.05) is 31.8 Å². The van der Waals surface area contributed by atoms with Gasteiger partial charge in [0.05, 0.1) is 71.6 Å². The number of hydrogen-bond donors (Lipinski definition) is 2. The number of fused-ring (bicyclic) bond motifs is 1. The van der Waals surface area contributed by atoms with E-state index in [1.807, 2.05) is 24.3 Å². The minimum Gasteiger partial charge on any atom is -0.490 e. The Hall–Kier alpha value is -2.95. The number of anilines is 2. The first kappa shape index (κ1) is 33.6. The normalized spacial score (nSPS) is 11.1. The third-order valence-electron chi connectivity index (χ3n) is 5.64. The highest BCUT2D eigenvalue weighted by molar-refractivity contribution is 14.1. The van der Waals surface area contributed by atoms with Crippen LogP contribution in [0.3, 0.4) is 0 Å². The molecule has 0 spiro atoms. The molecule has 0 saturated carbocycles. The number of rotatable bonds is 22. The van der Waals surface area contributed by atoms with Crippen LogP contribution >= 0.6 is 22.6 Å². The van der Waals surface area contributed by atoms with Gasteiger partial charge in [-0.3, -0.25) is 4.79 Å². The van der Waals surface area contributed by atoms with Gasteiger partial charge in [-0.05, 0) is 46.9 Å². The number of benzene rings is 2. The number of hydrogen-bond acceptors (Lipinski definition) is 10. The fourth-order valence-electron chi connectivity index (χ4n) is 3.62. The van der Waals surface area contributed by atoms with Gasteiger partial charge in [-0.1, -0.05) is 12.6 Å². The highest BCUT2D eigenvalue weighted by Crippen LogP contribution is 2.33. The van der Waals surface area contributed by atoms with E-state index in [1.165, 1.54) is 6.33 Å². The van der Waals surface area contributed by atoms with Crippen molar-refractivity contribution in [3.05, 3.63) is 58.4 Å². The van der Waals surface area contributed by atoms with Gasteiger partial charge in [-0.15, -0.1) is 0 Å². The highest BCUT2D eigenvalue weighted by atomic mass is 127. The quantitative estimate of drug-likeness (QED) is 0.0904. The van der Waals surface area contributed by atoms with Gasteiger partial charge in [-0.2, -0.15) is 0 Å². The van der Waals surface area contributed by atoms with Gasteiger partial charge < -0.3 is 39.5 Å². The largest absolute Gasteiger partial charge is 0.490 e. The van der Waals surface area contributed by atoms with E-state index in [-0.39, 0.29) is 18.8 Å². The fraction of sp³-hybridized carbons (Fsp3) is 0.414. The van der Waals surface area contributed by atoms with Crippen molar-refractivity contribution >= 4 is 56.5 Å². The van der Waals surface area contributed by atoms with E-state index in [4.69, 9.17) is 34.2 Å². The smallest absolute Gasteiger partial charge is 0.248 e. The van der Waals surface area contributed by atoms with E-state index >= 15 is 0 Å². The summed E-state index contributed by atoms with van der Waals surface area (Å²) in [7, 11) is 0. The minimum absolute atomic E-state index is 0.0938. The van der Waals surface area contributed by atoms with Crippen molar-refractivity contribution in [1.82, 2.24) is 9.97 Å². The summed E-state index contributed by atoms with van der Waals surface area (Å²) in [5.74, 6) is 0.331. The molecule has 13 heteroatoms. The van der Waals surface area contributed by atoms with Crippen LogP contribution in [-0.4, -0.2) is 95.2 Å². The molecule has 0 aliphatic heterocycles. The number of nitrogens with two attached hydrogens (primary N) is 1. The summed E-state index contributed by atoms with van der Waals surface area (Å²) < 4.78 is 45.6. The molecule has 0 atom stereocenters. The second-order valence-electron chi connectivity index (χ2n) is 8.67. The maximum atomic E-state index is 12.0. The fourth-order valence-corrected chi connectivity index (χ4v) is 4.16. The molecule has 0 radical (unpaired) electrons. The zero-order chi connectivity index (χ0) is 30.0. The van der Waals surface area contributed by atoms with Crippen LogP contribution in [0, 0.1) is 3.57 Å². The first-order chi connectivity index (χ1) is 20.5. The maximum Gasteiger partial charge on any atom is 0.248 e. The standard InChI is InChI=1S/C29H36FIN4O7/c1-21(28(32)36)24-18-25-26(33-20-34-29(25)35-23-4-2-3-22(31)17-23)19-27(24)42-16-15-41-14-13-40-12-11-39-10-9-38-8-7-37-6-5-30/h2-4,17-20H,1,5-16H2,(H2,32,36)(H,33,34,35). The zero-order valence-corrected chi connectivity index (χ0v) is 25.5. The first-order valence-electron chi connectivity index (χ1n) is 13.4. The van der Waals surface area contributed by atoms with Crippen LogP contribution in [0.4, 0.5) is 15.9 Å². The molecule has 11 nitrogen and oxygen atoms in total. The number of ether oxygens (including phenoxy) is 6. The zero-order valence-electron chi connectivity index (χ0n) is 23.3. The van der Waals surface area contributed by atoms with Gasteiger partial charge in [0.15, 0.2) is 0 Å². The average Bonchev–Trinajstić information content (AvgIpc) is 2.98. The number of amides is 1. The molecule has 228 valence electrons. The third kappa shape index (κ3) is 11.7. The molecule has 1 aromatic heterocycles. The Bertz CT molecular complexity index is 1280. The molecule has 1 amide bonds. The summed E-state index contributed by atoms with van der Waals surface area (Å²) in [6, 6.07) is 11.3. The summed E-state index contributed by atoms with van der Waals surface area (Å²) in [4.78, 5) is 20.7. The molecule has 0 aliphatic rings. The molecule has 0 saturated heterocycles. The lowest BCUT2D eigenvalue weighted by molar-refractivity contribution is -0.112. The second kappa shape index (κ2) is 19.3. The summed E-state index contributed by atoms with van der Waals surface area (Å²) in [5, 5.41) is 3.99. The lowest BCUT2D eigenvalue weighted by Gasteiger charge is -2.15. The van der Waals surface area contributed by atoms with Gasteiger partial charge in [0.1, 0.15) is 31.2 Å². The molecule has 0 unspecified atom stereocenters. The molecule has 3 aromatic rings. The average molecular weight is 699 g/mol. The van der Waals surface area contributed by atoms with Crippen molar-refractivity contribution in [2.75, 3.05) is 84.7 Å². The van der Waals surface area contributed by atoms with Crippen molar-refractivity contribution in [2.24, 2.45) is 5.73 Å². The number of primary amides is 1. The lowest BCUT2D eigenvalue weighted by Crippen LogP contribution is -2.15. The Kier molecular flexibility index (Phi) is 15.4. The number of nitrogens with zero attached hydrogens (tertiary/aromatic N) is 2. The van der Waals surface area contributed by atoms with Crippen LogP contribution < -0.4 is 15.8 Å². The van der Waals surface area contributed by atoms with Gasteiger partial charge in [0.25, 0.3) is 0 Å². The van der Waals surface area contributed by atoms with Crippen molar-refractivity contribution in [2.45, 2.75) is 0 Å². The van der Waals surface area contributed by atoms with Gasteiger partial charge >= 0.3 is 0 Å². The molecule has 42 heavy (non-hydrogen) atoms. The number of nitrogens with one attached hydrogen (secondary N) is 1. The summed E-state index contributed by atoms with van der Waals surface area (Å²) >= 11 is 2.24. The number of halogens is 2. The molecular weight excluding hydrogens is 662 g/mol. The van der Waals surface area contributed by atoms with Crippen LogP contribution in [-0.2, 0) is 28.5 Å². The molecule has 0 bridgehead atoms. The maximum absolute atomic E-state index is 12.0. The topological polar surface area (TPSA) is 136 Å². The Balaban J connectivity index is 1.41. The monoisotopic (exact) mass is 698 g/mol. The Morgan fingerprint density at radius 2 is 1.45 bits per heavy atom. The van der Waals surface area contributed by atoms with Crippen LogP contribution in [0.5, 0.6) is 5.75 Å². The number of alkyl halides is 1. The van der Waals surface area contributed by atoms with E-state index in [2.05, 4.69) is 44.5 Å². The highest BCUT2D eigenvalue weighted by Gasteiger charge is 2.16. The van der Waals surface area contributed by atoms with Crippen molar-refractivity contribution < 1.29 is 37.6 Å². The molecular formula is C29H36FIN4O7. The van der Waals surface area contributed by atoms with E-state index in [0.717, 1.165) is 9.26 Å². The summed E-state index contributed by atoms with van der Waals surface area (Å²) in [6.45, 7) is 7.27. The van der Waals surface area contributed by atoms with E-state index in [9.17, 15) is 9.18 Å². The predicted octanol–water partition coefficient (Wildman–Crippen LogP) is 3.91. The molecule has 3 rings (SSSR count). The number of carbonyl (C=O) groups is 1. The SMILES string of the molecule is C=C(C(N)=O)c1cc2c(Nc3cccc(I)c3)ncnc2cc1OCCOCCOCCOCCOCCOCCF. The van der Waals surface area contributed by atoms with Crippen molar-refractivity contribution in [3.63, 3.8) is 0 Å². The predicted molar refractivity (Wildman–Crippen MR) is 166 cm³/mol. The minimum atomic E-state index is -0.659. The third-order valence-corrected chi connectivity index (χ3v) is 6.31. The molecule has 0 aliphatic carbocycles. The van der Waals surface area contributed by atoms with Crippen LogP contribution in [0.15, 0.2) is 49.3 Å². The Labute approximate surface area is 258 Å². The van der Waals surface area contributed by atoms with Crippen LogP contribution in [0.25, 0.3) is 16.5 Å². The van der Waals surface area contributed by atoms with Gasteiger partial charge in [0.2, 0.25) is 5.91 Å². The van der Waals surface area contributed by atoms with E-state index in [0.29, 0.717) is 87.5 Å². The Morgan fingerprint density at radius 3 is 2.02 bits per heavy atom. The van der Waals surface area contributed by atoms with Crippen molar-refractivity contribution in [1.29, 1.82) is 0 Å².